The van der Waals surface area contributed by atoms with Gasteiger partial charge in [-0.1, -0.05) is 24.3 Å². The van der Waals surface area contributed by atoms with Gasteiger partial charge in [-0.15, -0.1) is 0 Å². The third-order valence-electron chi connectivity index (χ3n) is 4.42. The van der Waals surface area contributed by atoms with E-state index in [0.29, 0.717) is 13.1 Å². The lowest BCUT2D eigenvalue weighted by Crippen LogP contribution is -2.15. The van der Waals surface area contributed by atoms with E-state index in [9.17, 15) is 9.50 Å². The monoisotopic (exact) mass is 339 g/mol. The Morgan fingerprint density at radius 3 is 2.36 bits per heavy atom. The van der Waals surface area contributed by atoms with Gasteiger partial charge in [0.25, 0.3) is 0 Å². The van der Waals surface area contributed by atoms with Gasteiger partial charge in [0.05, 0.1) is 18.0 Å². The summed E-state index contributed by atoms with van der Waals surface area (Å²) in [5.74, 6) is -0.255. The van der Waals surface area contributed by atoms with Crippen molar-refractivity contribution in [3.05, 3.63) is 82.4 Å². The van der Waals surface area contributed by atoms with Crippen LogP contribution in [0.3, 0.4) is 0 Å². The van der Waals surface area contributed by atoms with Crippen LogP contribution in [-0.2, 0) is 19.7 Å². The first-order chi connectivity index (χ1) is 12.1. The first-order valence-electron chi connectivity index (χ1n) is 8.29. The van der Waals surface area contributed by atoms with Crippen molar-refractivity contribution in [3.63, 3.8) is 0 Å². The molecule has 0 amide bonds. The molecule has 25 heavy (non-hydrogen) atoms. The maximum atomic E-state index is 13.1. The summed E-state index contributed by atoms with van der Waals surface area (Å²) < 4.78 is 15.0. The Labute approximate surface area is 146 Å². The fourth-order valence-electron chi connectivity index (χ4n) is 2.97. The number of aliphatic hydroxyl groups is 1. The molecular formula is C20H22FN3O. The third-order valence-corrected chi connectivity index (χ3v) is 4.42. The zero-order valence-corrected chi connectivity index (χ0v) is 14.5. The highest BCUT2D eigenvalue weighted by molar-refractivity contribution is 5.37. The molecule has 0 unspecified atom stereocenters. The van der Waals surface area contributed by atoms with Crippen LogP contribution in [0.2, 0.25) is 0 Å². The lowest BCUT2D eigenvalue weighted by Gasteiger charge is -2.09. The molecule has 1 heterocycles. The summed E-state index contributed by atoms with van der Waals surface area (Å²) in [6, 6.07) is 14.2. The van der Waals surface area contributed by atoms with Crippen LogP contribution in [0.15, 0.2) is 48.5 Å². The SMILES string of the molecule is Cc1nn(-c2ccc(F)cc2)c(C)c1CNCc1ccccc1CO. The first-order valence-corrected chi connectivity index (χ1v) is 8.29. The summed E-state index contributed by atoms with van der Waals surface area (Å²) in [4.78, 5) is 0. The summed E-state index contributed by atoms with van der Waals surface area (Å²) in [6.07, 6.45) is 0. The quantitative estimate of drug-likeness (QED) is 0.724. The van der Waals surface area contributed by atoms with E-state index in [0.717, 1.165) is 33.8 Å². The number of rotatable bonds is 6. The lowest BCUT2D eigenvalue weighted by atomic mass is 10.1. The van der Waals surface area contributed by atoms with E-state index >= 15 is 0 Å². The molecule has 4 nitrogen and oxygen atoms in total. The van der Waals surface area contributed by atoms with Gasteiger partial charge in [-0.05, 0) is 49.2 Å². The van der Waals surface area contributed by atoms with Crippen molar-refractivity contribution in [2.75, 3.05) is 0 Å². The van der Waals surface area contributed by atoms with Crippen molar-refractivity contribution >= 4 is 0 Å². The molecule has 0 spiro atoms. The minimum atomic E-state index is -0.255. The Kier molecular flexibility index (Phi) is 5.26. The van der Waals surface area contributed by atoms with Crippen LogP contribution in [0.25, 0.3) is 5.69 Å². The van der Waals surface area contributed by atoms with Gasteiger partial charge in [0, 0.05) is 24.3 Å². The number of hydrogen-bond donors (Lipinski definition) is 2. The molecule has 5 heteroatoms. The molecule has 3 aromatic rings. The van der Waals surface area contributed by atoms with Crippen LogP contribution in [-0.4, -0.2) is 14.9 Å². The minimum absolute atomic E-state index is 0.0401. The van der Waals surface area contributed by atoms with E-state index < -0.39 is 0 Å². The molecule has 0 aliphatic heterocycles. The van der Waals surface area contributed by atoms with E-state index in [1.54, 1.807) is 12.1 Å². The van der Waals surface area contributed by atoms with Gasteiger partial charge >= 0.3 is 0 Å². The molecule has 0 aliphatic rings. The number of halogens is 1. The highest BCUT2D eigenvalue weighted by Crippen LogP contribution is 2.18. The zero-order valence-electron chi connectivity index (χ0n) is 14.5. The molecule has 3 rings (SSSR count). The average molecular weight is 339 g/mol. The number of aryl methyl sites for hydroxylation is 1. The van der Waals surface area contributed by atoms with E-state index in [4.69, 9.17) is 0 Å². The fraction of sp³-hybridized carbons (Fsp3) is 0.250. The molecular weight excluding hydrogens is 317 g/mol. The lowest BCUT2D eigenvalue weighted by molar-refractivity contribution is 0.280. The molecule has 0 radical (unpaired) electrons. The minimum Gasteiger partial charge on any atom is -0.392 e. The molecule has 0 aliphatic carbocycles. The Balaban J connectivity index is 1.74. The Morgan fingerprint density at radius 1 is 1.00 bits per heavy atom. The van der Waals surface area contributed by atoms with E-state index in [1.807, 2.05) is 42.8 Å². The van der Waals surface area contributed by atoms with Crippen LogP contribution in [0.4, 0.5) is 4.39 Å². The fourth-order valence-corrected chi connectivity index (χ4v) is 2.97. The van der Waals surface area contributed by atoms with Crippen LogP contribution in [0, 0.1) is 19.7 Å². The molecule has 2 aromatic carbocycles. The maximum Gasteiger partial charge on any atom is 0.123 e. The van der Waals surface area contributed by atoms with E-state index in [2.05, 4.69) is 10.4 Å². The van der Waals surface area contributed by atoms with Gasteiger partial charge in [-0.25, -0.2) is 9.07 Å². The summed E-state index contributed by atoms with van der Waals surface area (Å²) in [5, 5.41) is 17.4. The van der Waals surface area contributed by atoms with Gasteiger partial charge in [-0.2, -0.15) is 5.10 Å². The van der Waals surface area contributed by atoms with Crippen molar-refractivity contribution in [1.29, 1.82) is 0 Å². The Morgan fingerprint density at radius 2 is 1.68 bits per heavy atom. The van der Waals surface area contributed by atoms with Gasteiger partial charge in [0.1, 0.15) is 5.82 Å². The number of nitrogens with one attached hydrogen (secondary N) is 1. The van der Waals surface area contributed by atoms with Crippen LogP contribution < -0.4 is 5.32 Å². The summed E-state index contributed by atoms with van der Waals surface area (Å²) in [6.45, 7) is 5.39. The van der Waals surface area contributed by atoms with Gasteiger partial charge in [0.2, 0.25) is 0 Å². The average Bonchev–Trinajstić information content (AvgIpc) is 2.91. The Hall–Kier alpha value is -2.50. The second-order valence-corrected chi connectivity index (χ2v) is 6.07. The number of hydrogen-bond acceptors (Lipinski definition) is 3. The molecule has 130 valence electrons. The maximum absolute atomic E-state index is 13.1. The molecule has 0 saturated carbocycles. The molecule has 0 fully saturated rings. The summed E-state index contributed by atoms with van der Waals surface area (Å²) in [7, 11) is 0. The first kappa shape index (κ1) is 17.3. The normalized spacial score (nSPS) is 11.0. The standard InChI is InChI=1S/C20H22FN3O/c1-14-20(12-22-11-16-5-3-4-6-17(16)13-25)15(2)24(23-14)19-9-7-18(21)8-10-19/h3-10,22,25H,11-13H2,1-2H3. The van der Waals surface area contributed by atoms with Crippen molar-refractivity contribution < 1.29 is 9.50 Å². The van der Waals surface area contributed by atoms with E-state index in [1.165, 1.54) is 12.1 Å². The third kappa shape index (κ3) is 3.78. The summed E-state index contributed by atoms with van der Waals surface area (Å²) in [5.41, 5.74) is 5.98. The molecule has 1 aromatic heterocycles. The zero-order chi connectivity index (χ0) is 17.8. The second-order valence-electron chi connectivity index (χ2n) is 6.07. The largest absolute Gasteiger partial charge is 0.392 e. The number of aromatic nitrogens is 2. The van der Waals surface area contributed by atoms with Crippen molar-refractivity contribution in [2.45, 2.75) is 33.5 Å². The number of aliphatic hydroxyl groups excluding tert-OH is 1. The van der Waals surface area contributed by atoms with Crippen LogP contribution >= 0.6 is 0 Å². The van der Waals surface area contributed by atoms with Crippen molar-refractivity contribution in [2.24, 2.45) is 0 Å². The second kappa shape index (κ2) is 7.59. The van der Waals surface area contributed by atoms with Gasteiger partial charge < -0.3 is 10.4 Å². The smallest absolute Gasteiger partial charge is 0.123 e. The Bertz CT molecular complexity index is 856. The van der Waals surface area contributed by atoms with Crippen molar-refractivity contribution in [1.82, 2.24) is 15.1 Å². The summed E-state index contributed by atoms with van der Waals surface area (Å²) >= 11 is 0. The molecule has 0 atom stereocenters. The van der Waals surface area contributed by atoms with Crippen LogP contribution in [0.5, 0.6) is 0 Å². The number of nitrogens with zero attached hydrogens (tertiary/aromatic N) is 2. The van der Waals surface area contributed by atoms with Gasteiger partial charge in [0.15, 0.2) is 0 Å². The van der Waals surface area contributed by atoms with Crippen molar-refractivity contribution in [3.8, 4) is 5.69 Å². The van der Waals surface area contributed by atoms with E-state index in [-0.39, 0.29) is 12.4 Å². The highest BCUT2D eigenvalue weighted by atomic mass is 19.1. The molecule has 0 bridgehead atoms. The topological polar surface area (TPSA) is 50.1 Å². The van der Waals surface area contributed by atoms with Gasteiger partial charge in [-0.3, -0.25) is 0 Å². The molecule has 0 saturated heterocycles. The number of benzene rings is 2. The predicted octanol–water partition coefficient (Wildman–Crippen LogP) is 3.41. The molecule has 2 N–H and O–H groups in total. The van der Waals surface area contributed by atoms with Crippen LogP contribution in [0.1, 0.15) is 28.1 Å². The predicted molar refractivity (Wildman–Crippen MR) is 95.9 cm³/mol. The highest BCUT2D eigenvalue weighted by Gasteiger charge is 2.12.